The molecule has 1 rings (SSSR count). The van der Waals surface area contributed by atoms with Crippen LogP contribution in [0.2, 0.25) is 0 Å². The molecule has 1 N–H and O–H groups in total. The number of rotatable bonds is 3. The van der Waals surface area contributed by atoms with Crippen molar-refractivity contribution in [3.8, 4) is 0 Å². The molecule has 0 radical (unpaired) electrons. The zero-order valence-electron chi connectivity index (χ0n) is 10.5. The minimum absolute atomic E-state index is 0.299. The standard InChI is InChI=1S/C11H17N3O3/c1-5-6-8-9(12-7(2)15)13(3)11(17)14(4)10(8)16/h5-6H2,1-4H3,(H,12,15). The van der Waals surface area contributed by atoms with Crippen LogP contribution in [-0.2, 0) is 25.3 Å². The maximum absolute atomic E-state index is 11.9. The van der Waals surface area contributed by atoms with E-state index in [-0.39, 0.29) is 11.5 Å². The molecule has 6 heteroatoms. The molecule has 6 nitrogen and oxygen atoms in total. The van der Waals surface area contributed by atoms with Crippen molar-refractivity contribution in [1.82, 2.24) is 9.13 Å². The molecule has 0 spiro atoms. The van der Waals surface area contributed by atoms with Crippen molar-refractivity contribution < 1.29 is 4.79 Å². The van der Waals surface area contributed by atoms with Crippen LogP contribution in [0.25, 0.3) is 0 Å². The Bertz CT molecular complexity index is 554. The maximum atomic E-state index is 11.9. The number of hydrogen-bond acceptors (Lipinski definition) is 3. The lowest BCUT2D eigenvalue weighted by molar-refractivity contribution is -0.114. The quantitative estimate of drug-likeness (QED) is 0.806. The molecule has 94 valence electrons. The van der Waals surface area contributed by atoms with Crippen molar-refractivity contribution in [3.05, 3.63) is 26.4 Å². The van der Waals surface area contributed by atoms with E-state index in [1.807, 2.05) is 6.92 Å². The number of anilines is 1. The third-order valence-corrected chi connectivity index (χ3v) is 2.55. The predicted molar refractivity (Wildman–Crippen MR) is 65.2 cm³/mol. The lowest BCUT2D eigenvalue weighted by atomic mass is 10.1. The van der Waals surface area contributed by atoms with Gasteiger partial charge in [0.25, 0.3) is 5.56 Å². The molecule has 1 amide bonds. The molecule has 0 aliphatic rings. The number of nitrogens with one attached hydrogen (secondary N) is 1. The zero-order chi connectivity index (χ0) is 13.2. The highest BCUT2D eigenvalue weighted by Crippen LogP contribution is 2.10. The Hall–Kier alpha value is -1.85. The Morgan fingerprint density at radius 3 is 2.29 bits per heavy atom. The summed E-state index contributed by atoms with van der Waals surface area (Å²) in [5.41, 5.74) is -0.329. The van der Waals surface area contributed by atoms with Crippen LogP contribution in [0.3, 0.4) is 0 Å². The average molecular weight is 239 g/mol. The van der Waals surface area contributed by atoms with E-state index in [0.717, 1.165) is 11.0 Å². The molecule has 17 heavy (non-hydrogen) atoms. The van der Waals surface area contributed by atoms with E-state index >= 15 is 0 Å². The summed E-state index contributed by atoms with van der Waals surface area (Å²) in [6.07, 6.45) is 1.29. The van der Waals surface area contributed by atoms with Crippen LogP contribution < -0.4 is 16.6 Å². The van der Waals surface area contributed by atoms with Crippen molar-refractivity contribution in [3.63, 3.8) is 0 Å². The summed E-state index contributed by atoms with van der Waals surface area (Å²) >= 11 is 0. The summed E-state index contributed by atoms with van der Waals surface area (Å²) in [6, 6.07) is 0. The highest BCUT2D eigenvalue weighted by molar-refractivity contribution is 5.88. The minimum Gasteiger partial charge on any atom is -0.312 e. The van der Waals surface area contributed by atoms with Crippen molar-refractivity contribution in [2.24, 2.45) is 14.1 Å². The molecule has 1 aromatic rings. The summed E-state index contributed by atoms with van der Waals surface area (Å²) < 4.78 is 2.34. The first-order chi connectivity index (χ1) is 7.90. The lowest BCUT2D eigenvalue weighted by Gasteiger charge is -2.14. The second-order valence-corrected chi connectivity index (χ2v) is 3.96. The first kappa shape index (κ1) is 13.2. The van der Waals surface area contributed by atoms with Gasteiger partial charge in [-0.1, -0.05) is 13.3 Å². The molecule has 0 unspecified atom stereocenters. The molecule has 1 heterocycles. The third kappa shape index (κ3) is 2.46. The van der Waals surface area contributed by atoms with Crippen LogP contribution in [0.4, 0.5) is 5.82 Å². The normalized spacial score (nSPS) is 10.4. The van der Waals surface area contributed by atoms with Crippen molar-refractivity contribution in [2.75, 3.05) is 5.32 Å². The highest BCUT2D eigenvalue weighted by Gasteiger charge is 2.15. The number of aromatic nitrogens is 2. The summed E-state index contributed by atoms with van der Waals surface area (Å²) in [4.78, 5) is 34.7. The van der Waals surface area contributed by atoms with Crippen LogP contribution in [-0.4, -0.2) is 15.0 Å². The first-order valence-electron chi connectivity index (χ1n) is 5.46. The van der Waals surface area contributed by atoms with Crippen LogP contribution >= 0.6 is 0 Å². The van der Waals surface area contributed by atoms with E-state index in [4.69, 9.17) is 0 Å². The molecule has 1 aromatic heterocycles. The fourth-order valence-corrected chi connectivity index (χ4v) is 1.72. The number of carbonyl (C=O) groups excluding carboxylic acids is 1. The first-order valence-corrected chi connectivity index (χ1v) is 5.46. The Morgan fingerprint density at radius 1 is 1.24 bits per heavy atom. The van der Waals surface area contributed by atoms with Crippen LogP contribution in [0.5, 0.6) is 0 Å². The number of amides is 1. The lowest BCUT2D eigenvalue weighted by Crippen LogP contribution is -2.40. The fourth-order valence-electron chi connectivity index (χ4n) is 1.72. The van der Waals surface area contributed by atoms with Crippen molar-refractivity contribution in [1.29, 1.82) is 0 Å². The van der Waals surface area contributed by atoms with E-state index in [0.29, 0.717) is 17.8 Å². The van der Waals surface area contributed by atoms with Crippen molar-refractivity contribution in [2.45, 2.75) is 26.7 Å². The van der Waals surface area contributed by atoms with Crippen LogP contribution in [0.15, 0.2) is 9.59 Å². The molecular weight excluding hydrogens is 222 g/mol. The summed E-state index contributed by atoms with van der Waals surface area (Å²) in [5.74, 6) is -0.00180. The fraction of sp³-hybridized carbons (Fsp3) is 0.545. The predicted octanol–water partition coefficient (Wildman–Crippen LogP) is -0.00510. The van der Waals surface area contributed by atoms with Gasteiger partial charge >= 0.3 is 5.69 Å². The molecule has 0 saturated heterocycles. The SMILES string of the molecule is CCCc1c(NC(C)=O)n(C)c(=O)n(C)c1=O. The Balaban J connectivity index is 3.59. The van der Waals surface area contributed by atoms with Gasteiger partial charge in [0.1, 0.15) is 5.82 Å². The maximum Gasteiger partial charge on any atom is 0.332 e. The van der Waals surface area contributed by atoms with Gasteiger partial charge in [-0.2, -0.15) is 0 Å². The molecular formula is C11H17N3O3. The Kier molecular flexibility index (Phi) is 3.88. The molecule has 0 fully saturated rings. The van der Waals surface area contributed by atoms with Gasteiger partial charge in [-0.05, 0) is 6.42 Å². The summed E-state index contributed by atoms with van der Waals surface area (Å²) in [7, 11) is 2.97. The van der Waals surface area contributed by atoms with Gasteiger partial charge in [-0.3, -0.25) is 18.7 Å². The number of carbonyl (C=O) groups is 1. The molecule has 0 aliphatic carbocycles. The molecule has 0 bridgehead atoms. The zero-order valence-corrected chi connectivity index (χ0v) is 10.5. The summed E-state index contributed by atoms with van der Waals surface area (Å²) in [6.45, 7) is 3.28. The van der Waals surface area contributed by atoms with Gasteiger partial charge in [0.2, 0.25) is 5.91 Å². The summed E-state index contributed by atoms with van der Waals surface area (Å²) in [5, 5.41) is 2.55. The average Bonchev–Trinajstić information content (AvgIpc) is 2.28. The van der Waals surface area contributed by atoms with Gasteiger partial charge in [-0.25, -0.2) is 4.79 Å². The molecule has 0 aliphatic heterocycles. The largest absolute Gasteiger partial charge is 0.332 e. The Labute approximate surface area is 98.9 Å². The van der Waals surface area contributed by atoms with Gasteiger partial charge in [-0.15, -0.1) is 0 Å². The number of hydrogen-bond donors (Lipinski definition) is 1. The van der Waals surface area contributed by atoms with Crippen LogP contribution in [0, 0.1) is 0 Å². The Morgan fingerprint density at radius 2 is 1.82 bits per heavy atom. The third-order valence-electron chi connectivity index (χ3n) is 2.55. The molecule has 0 atom stereocenters. The smallest absolute Gasteiger partial charge is 0.312 e. The topological polar surface area (TPSA) is 73.1 Å². The molecule has 0 saturated carbocycles. The monoisotopic (exact) mass is 239 g/mol. The van der Waals surface area contributed by atoms with E-state index in [2.05, 4.69) is 5.32 Å². The van der Waals surface area contributed by atoms with E-state index in [9.17, 15) is 14.4 Å². The second kappa shape index (κ2) is 4.99. The van der Waals surface area contributed by atoms with Gasteiger partial charge in [0.05, 0.1) is 5.56 Å². The van der Waals surface area contributed by atoms with Gasteiger partial charge in [0, 0.05) is 21.0 Å². The molecule has 0 aromatic carbocycles. The van der Waals surface area contributed by atoms with E-state index < -0.39 is 5.69 Å². The van der Waals surface area contributed by atoms with Gasteiger partial charge < -0.3 is 5.32 Å². The van der Waals surface area contributed by atoms with Gasteiger partial charge in [0.15, 0.2) is 0 Å². The second-order valence-electron chi connectivity index (χ2n) is 3.96. The number of nitrogens with zero attached hydrogens (tertiary/aromatic N) is 2. The highest BCUT2D eigenvalue weighted by atomic mass is 16.2. The van der Waals surface area contributed by atoms with E-state index in [1.165, 1.54) is 25.6 Å². The minimum atomic E-state index is -0.446. The van der Waals surface area contributed by atoms with Crippen LogP contribution in [0.1, 0.15) is 25.8 Å². The van der Waals surface area contributed by atoms with Crippen molar-refractivity contribution >= 4 is 11.7 Å². The van der Waals surface area contributed by atoms with E-state index in [1.54, 1.807) is 0 Å².